The highest BCUT2D eigenvalue weighted by Gasteiger charge is 2.34. The van der Waals surface area contributed by atoms with Gasteiger partial charge in [0.25, 0.3) is 0 Å². The van der Waals surface area contributed by atoms with E-state index in [1.54, 1.807) is 0 Å². The van der Waals surface area contributed by atoms with Gasteiger partial charge in [0.2, 0.25) is 0 Å². The molecule has 0 saturated carbocycles. The normalized spacial score (nSPS) is 22.0. The van der Waals surface area contributed by atoms with Crippen LogP contribution < -0.4 is 0 Å². The molecule has 1 fully saturated rings. The molecule has 0 aromatic rings. The van der Waals surface area contributed by atoms with E-state index in [4.69, 9.17) is 5.11 Å². The summed E-state index contributed by atoms with van der Waals surface area (Å²) in [6, 6.07) is 0. The van der Waals surface area contributed by atoms with Gasteiger partial charge >= 0.3 is 5.97 Å². The van der Waals surface area contributed by atoms with E-state index < -0.39 is 11.4 Å². The van der Waals surface area contributed by atoms with Crippen molar-refractivity contribution >= 4 is 5.97 Å². The lowest BCUT2D eigenvalue weighted by Gasteiger charge is -2.41. The standard InChI is InChI=1S/C13H25NO2/c1-5-13(4)6-8-14(9-7-13)10-12(2,3)11(15)16/h5-10H2,1-4H3,(H,15,16). The van der Waals surface area contributed by atoms with Crippen molar-refractivity contribution in [3.8, 4) is 0 Å². The summed E-state index contributed by atoms with van der Waals surface area (Å²) in [5, 5.41) is 9.09. The van der Waals surface area contributed by atoms with Crippen LogP contribution >= 0.6 is 0 Å². The fourth-order valence-corrected chi connectivity index (χ4v) is 2.23. The monoisotopic (exact) mass is 227 g/mol. The van der Waals surface area contributed by atoms with Crippen molar-refractivity contribution in [2.24, 2.45) is 10.8 Å². The topological polar surface area (TPSA) is 40.5 Å². The Morgan fingerprint density at radius 1 is 1.38 bits per heavy atom. The fraction of sp³-hybridized carbons (Fsp3) is 0.923. The van der Waals surface area contributed by atoms with Gasteiger partial charge in [-0.15, -0.1) is 0 Å². The van der Waals surface area contributed by atoms with Crippen LogP contribution in [0.25, 0.3) is 0 Å². The molecule has 0 bridgehead atoms. The molecule has 0 atom stereocenters. The third-order valence-electron chi connectivity index (χ3n) is 4.11. The van der Waals surface area contributed by atoms with E-state index >= 15 is 0 Å². The van der Waals surface area contributed by atoms with E-state index in [0.717, 1.165) is 13.1 Å². The predicted molar refractivity (Wildman–Crippen MR) is 65.5 cm³/mol. The number of nitrogens with zero attached hydrogens (tertiary/aromatic N) is 1. The molecule has 1 N–H and O–H groups in total. The van der Waals surface area contributed by atoms with Gasteiger partial charge in [0.1, 0.15) is 0 Å². The summed E-state index contributed by atoms with van der Waals surface area (Å²) in [6.45, 7) is 11.0. The van der Waals surface area contributed by atoms with Crippen molar-refractivity contribution in [3.05, 3.63) is 0 Å². The third-order valence-corrected chi connectivity index (χ3v) is 4.11. The molecular weight excluding hydrogens is 202 g/mol. The quantitative estimate of drug-likeness (QED) is 0.802. The number of piperidine rings is 1. The number of hydrogen-bond acceptors (Lipinski definition) is 2. The maximum absolute atomic E-state index is 11.1. The summed E-state index contributed by atoms with van der Waals surface area (Å²) in [5.74, 6) is -0.698. The highest BCUT2D eigenvalue weighted by molar-refractivity contribution is 5.73. The van der Waals surface area contributed by atoms with Crippen molar-refractivity contribution in [2.75, 3.05) is 19.6 Å². The molecule has 1 heterocycles. The van der Waals surface area contributed by atoms with Crippen molar-refractivity contribution in [3.63, 3.8) is 0 Å². The zero-order valence-corrected chi connectivity index (χ0v) is 11.0. The molecule has 16 heavy (non-hydrogen) atoms. The third kappa shape index (κ3) is 3.21. The van der Waals surface area contributed by atoms with Crippen LogP contribution in [-0.2, 0) is 4.79 Å². The number of hydrogen-bond donors (Lipinski definition) is 1. The van der Waals surface area contributed by atoms with Crippen LogP contribution in [0.3, 0.4) is 0 Å². The SMILES string of the molecule is CCC1(C)CCN(CC(C)(C)C(=O)O)CC1. The second kappa shape index (κ2) is 4.74. The molecule has 1 saturated heterocycles. The van der Waals surface area contributed by atoms with Crippen LogP contribution in [0.2, 0.25) is 0 Å². The molecule has 3 nitrogen and oxygen atoms in total. The fourth-order valence-electron chi connectivity index (χ4n) is 2.23. The Bertz CT molecular complexity index is 253. The van der Waals surface area contributed by atoms with E-state index in [2.05, 4.69) is 18.7 Å². The number of likely N-dealkylation sites (tertiary alicyclic amines) is 1. The molecule has 94 valence electrons. The zero-order chi connectivity index (χ0) is 12.4. The smallest absolute Gasteiger partial charge is 0.310 e. The lowest BCUT2D eigenvalue weighted by atomic mass is 9.77. The Morgan fingerprint density at radius 2 is 1.88 bits per heavy atom. The first-order valence-electron chi connectivity index (χ1n) is 6.25. The lowest BCUT2D eigenvalue weighted by molar-refractivity contribution is -0.148. The summed E-state index contributed by atoms with van der Waals surface area (Å²) >= 11 is 0. The molecule has 0 radical (unpaired) electrons. The maximum atomic E-state index is 11.1. The second-order valence-electron chi connectivity index (χ2n) is 6.13. The zero-order valence-electron chi connectivity index (χ0n) is 11.0. The van der Waals surface area contributed by atoms with E-state index in [1.807, 2.05) is 13.8 Å². The summed E-state index contributed by atoms with van der Waals surface area (Å²) < 4.78 is 0. The highest BCUT2D eigenvalue weighted by atomic mass is 16.4. The Labute approximate surface area is 98.8 Å². The van der Waals surface area contributed by atoms with E-state index in [1.165, 1.54) is 19.3 Å². The van der Waals surface area contributed by atoms with Crippen molar-refractivity contribution in [1.82, 2.24) is 4.90 Å². The summed E-state index contributed by atoms with van der Waals surface area (Å²) in [7, 11) is 0. The Balaban J connectivity index is 2.46. The number of carboxylic acids is 1. The van der Waals surface area contributed by atoms with Gasteiger partial charge < -0.3 is 10.0 Å². The minimum absolute atomic E-state index is 0.476. The summed E-state index contributed by atoms with van der Waals surface area (Å²) in [6.07, 6.45) is 3.61. The van der Waals surface area contributed by atoms with Crippen molar-refractivity contribution < 1.29 is 9.90 Å². The first kappa shape index (κ1) is 13.5. The first-order valence-corrected chi connectivity index (χ1v) is 6.25. The van der Waals surface area contributed by atoms with E-state index in [9.17, 15) is 4.79 Å². The van der Waals surface area contributed by atoms with Crippen LogP contribution in [0.1, 0.15) is 47.0 Å². The minimum Gasteiger partial charge on any atom is -0.481 e. The number of carboxylic acid groups (broad SMARTS) is 1. The molecule has 0 unspecified atom stereocenters. The van der Waals surface area contributed by atoms with Gasteiger partial charge in [-0.3, -0.25) is 4.79 Å². The number of carbonyl (C=O) groups is 1. The number of aliphatic carboxylic acids is 1. The van der Waals surface area contributed by atoms with Gasteiger partial charge in [0, 0.05) is 6.54 Å². The molecule has 3 heteroatoms. The number of rotatable bonds is 4. The highest BCUT2D eigenvalue weighted by Crippen LogP contribution is 2.34. The molecule has 0 aliphatic carbocycles. The van der Waals surface area contributed by atoms with Gasteiger partial charge in [-0.2, -0.15) is 0 Å². The van der Waals surface area contributed by atoms with Crippen LogP contribution in [0.5, 0.6) is 0 Å². The van der Waals surface area contributed by atoms with Gasteiger partial charge in [0.15, 0.2) is 0 Å². The van der Waals surface area contributed by atoms with Crippen LogP contribution in [0.4, 0.5) is 0 Å². The van der Waals surface area contributed by atoms with Crippen LogP contribution in [0, 0.1) is 10.8 Å². The minimum atomic E-state index is -0.698. The van der Waals surface area contributed by atoms with Crippen molar-refractivity contribution in [2.45, 2.75) is 47.0 Å². The lowest BCUT2D eigenvalue weighted by Crippen LogP contribution is -2.45. The summed E-state index contributed by atoms with van der Waals surface area (Å²) in [4.78, 5) is 13.3. The van der Waals surface area contributed by atoms with Gasteiger partial charge in [-0.1, -0.05) is 20.3 Å². The Morgan fingerprint density at radius 3 is 2.25 bits per heavy atom. The second-order valence-corrected chi connectivity index (χ2v) is 6.13. The molecule has 0 spiro atoms. The maximum Gasteiger partial charge on any atom is 0.310 e. The van der Waals surface area contributed by atoms with Gasteiger partial charge in [-0.25, -0.2) is 0 Å². The molecule has 0 aromatic carbocycles. The van der Waals surface area contributed by atoms with Crippen LogP contribution in [-0.4, -0.2) is 35.6 Å². The Hall–Kier alpha value is -0.570. The van der Waals surface area contributed by atoms with Gasteiger partial charge in [0.05, 0.1) is 5.41 Å². The van der Waals surface area contributed by atoms with Gasteiger partial charge in [-0.05, 0) is 45.2 Å². The largest absolute Gasteiger partial charge is 0.481 e. The van der Waals surface area contributed by atoms with E-state index in [-0.39, 0.29) is 0 Å². The average molecular weight is 227 g/mol. The molecule has 1 aliphatic heterocycles. The summed E-state index contributed by atoms with van der Waals surface area (Å²) in [5.41, 5.74) is -0.149. The molecular formula is C13H25NO2. The molecule has 1 aliphatic rings. The molecule has 0 amide bonds. The van der Waals surface area contributed by atoms with E-state index in [0.29, 0.717) is 12.0 Å². The molecule has 0 aromatic heterocycles. The van der Waals surface area contributed by atoms with Crippen LogP contribution in [0.15, 0.2) is 0 Å². The molecule has 1 rings (SSSR count). The average Bonchev–Trinajstić information content (AvgIpc) is 2.21. The first-order chi connectivity index (χ1) is 7.29. The Kier molecular flexibility index (Phi) is 4.00. The van der Waals surface area contributed by atoms with Crippen molar-refractivity contribution in [1.29, 1.82) is 0 Å². The predicted octanol–water partition coefficient (Wildman–Crippen LogP) is 2.61.